The van der Waals surface area contributed by atoms with Crippen LogP contribution in [0.15, 0.2) is 48.7 Å². The highest BCUT2D eigenvalue weighted by Gasteiger charge is 2.25. The summed E-state index contributed by atoms with van der Waals surface area (Å²) in [5.41, 5.74) is 3.28. The van der Waals surface area contributed by atoms with Crippen molar-refractivity contribution < 1.29 is 14.3 Å². The number of benzene rings is 1. The van der Waals surface area contributed by atoms with E-state index in [4.69, 9.17) is 9.47 Å². The molecule has 0 bridgehead atoms. The van der Waals surface area contributed by atoms with Crippen LogP contribution < -0.4 is 4.74 Å². The zero-order chi connectivity index (χ0) is 20.9. The van der Waals surface area contributed by atoms with Gasteiger partial charge in [-0.25, -0.2) is 4.98 Å². The second kappa shape index (κ2) is 9.41. The molecule has 6 nitrogen and oxygen atoms in total. The lowest BCUT2D eigenvalue weighted by molar-refractivity contribution is 0.0345. The summed E-state index contributed by atoms with van der Waals surface area (Å²) < 4.78 is 13.1. The Morgan fingerprint density at radius 3 is 2.67 bits per heavy atom. The number of morpholine rings is 1. The maximum atomic E-state index is 13.5. The van der Waals surface area contributed by atoms with E-state index in [2.05, 4.69) is 22.0 Å². The molecule has 1 fully saturated rings. The van der Waals surface area contributed by atoms with Gasteiger partial charge in [0.2, 0.25) is 0 Å². The maximum absolute atomic E-state index is 13.5. The van der Waals surface area contributed by atoms with Crippen molar-refractivity contribution in [2.75, 3.05) is 39.5 Å². The number of rotatable bonds is 8. The molecule has 1 aliphatic heterocycles. The van der Waals surface area contributed by atoms with Crippen molar-refractivity contribution in [3.63, 3.8) is 0 Å². The third-order valence-electron chi connectivity index (χ3n) is 5.64. The fraction of sp³-hybridized carbons (Fsp3) is 0.417. The van der Waals surface area contributed by atoms with Gasteiger partial charge in [0.05, 0.1) is 25.5 Å². The molecule has 0 unspecified atom stereocenters. The van der Waals surface area contributed by atoms with E-state index in [1.807, 2.05) is 54.8 Å². The first-order valence-corrected chi connectivity index (χ1v) is 10.7. The van der Waals surface area contributed by atoms with E-state index in [0.29, 0.717) is 30.1 Å². The number of ketones is 1. The highest BCUT2D eigenvalue weighted by molar-refractivity contribution is 5.97. The molecular formula is C24H29N3O3. The number of aromatic nitrogens is 2. The van der Waals surface area contributed by atoms with Gasteiger partial charge in [-0.05, 0) is 31.5 Å². The summed E-state index contributed by atoms with van der Waals surface area (Å²) in [6.45, 7) is 8.57. The van der Waals surface area contributed by atoms with Gasteiger partial charge in [0.15, 0.2) is 17.2 Å². The number of aryl methyl sites for hydroxylation is 1. The molecule has 2 aromatic heterocycles. The Balaban J connectivity index is 1.62. The monoisotopic (exact) mass is 407 g/mol. The first-order valence-electron chi connectivity index (χ1n) is 10.7. The predicted molar refractivity (Wildman–Crippen MR) is 116 cm³/mol. The van der Waals surface area contributed by atoms with Crippen molar-refractivity contribution in [1.82, 2.24) is 14.3 Å². The van der Waals surface area contributed by atoms with E-state index in [1.54, 1.807) is 0 Å². The number of carbonyl (C=O) groups is 1. The van der Waals surface area contributed by atoms with E-state index < -0.39 is 0 Å². The van der Waals surface area contributed by atoms with Gasteiger partial charge >= 0.3 is 0 Å². The van der Waals surface area contributed by atoms with Crippen molar-refractivity contribution in [3.8, 4) is 5.75 Å². The van der Waals surface area contributed by atoms with E-state index in [1.165, 1.54) is 5.56 Å². The van der Waals surface area contributed by atoms with Crippen LogP contribution >= 0.6 is 0 Å². The lowest BCUT2D eigenvalue weighted by Crippen LogP contribution is -2.39. The first kappa shape index (κ1) is 20.6. The van der Waals surface area contributed by atoms with Crippen molar-refractivity contribution in [2.45, 2.75) is 26.2 Å². The standard InChI is InChI=1S/C24H29N3O3/c1-3-30-22-10-7-11-27-23(18(2)25-24(22)27)21(28)16-20(19-8-5-4-6-9-19)17-26-12-14-29-15-13-26/h4-11,20H,3,12-17H2,1-2H3/t20-/m0/s1. The molecule has 0 N–H and O–H groups in total. The normalized spacial score (nSPS) is 15.9. The van der Waals surface area contributed by atoms with Crippen LogP contribution in [0.4, 0.5) is 0 Å². The number of Topliss-reactive ketones (excluding diaryl/α,β-unsaturated/α-hetero) is 1. The topological polar surface area (TPSA) is 56.1 Å². The number of imidazole rings is 1. The molecule has 1 saturated heterocycles. The van der Waals surface area contributed by atoms with Crippen LogP contribution in [0.3, 0.4) is 0 Å². The summed E-state index contributed by atoms with van der Waals surface area (Å²) in [6.07, 6.45) is 2.33. The molecule has 1 aromatic carbocycles. The van der Waals surface area contributed by atoms with Gasteiger partial charge in [0.25, 0.3) is 0 Å². The highest BCUT2D eigenvalue weighted by atomic mass is 16.5. The quantitative estimate of drug-likeness (QED) is 0.533. The Morgan fingerprint density at radius 2 is 1.93 bits per heavy atom. The van der Waals surface area contributed by atoms with Gasteiger partial charge in [0.1, 0.15) is 5.69 Å². The average molecular weight is 408 g/mol. The third kappa shape index (κ3) is 4.40. The Labute approximate surface area is 177 Å². The lowest BCUT2D eigenvalue weighted by Gasteiger charge is -2.30. The number of pyridine rings is 1. The van der Waals surface area contributed by atoms with Gasteiger partial charge < -0.3 is 9.47 Å². The molecule has 0 radical (unpaired) electrons. The molecule has 4 rings (SSSR count). The van der Waals surface area contributed by atoms with E-state index in [0.717, 1.165) is 38.5 Å². The van der Waals surface area contributed by atoms with E-state index >= 15 is 0 Å². The molecule has 3 aromatic rings. The molecule has 1 aliphatic rings. The number of hydrogen-bond donors (Lipinski definition) is 0. The number of fused-ring (bicyclic) bond motifs is 1. The minimum atomic E-state index is 0.107. The second-order valence-corrected chi connectivity index (χ2v) is 7.69. The van der Waals surface area contributed by atoms with Crippen molar-refractivity contribution in [3.05, 3.63) is 65.6 Å². The van der Waals surface area contributed by atoms with Gasteiger partial charge in [-0.15, -0.1) is 0 Å². The Bertz CT molecular complexity index is 994. The molecule has 30 heavy (non-hydrogen) atoms. The van der Waals surface area contributed by atoms with Crippen LogP contribution in [0.5, 0.6) is 5.75 Å². The summed E-state index contributed by atoms with van der Waals surface area (Å²) in [4.78, 5) is 20.5. The third-order valence-corrected chi connectivity index (χ3v) is 5.64. The van der Waals surface area contributed by atoms with Gasteiger partial charge in [0, 0.05) is 38.2 Å². The highest BCUT2D eigenvalue weighted by Crippen LogP contribution is 2.27. The number of hydrogen-bond acceptors (Lipinski definition) is 5. The average Bonchev–Trinajstić information content (AvgIpc) is 3.12. The molecule has 0 aliphatic carbocycles. The molecule has 0 amide bonds. The van der Waals surface area contributed by atoms with Crippen LogP contribution in [-0.2, 0) is 4.74 Å². The molecular weight excluding hydrogens is 378 g/mol. The first-order chi connectivity index (χ1) is 14.7. The lowest BCUT2D eigenvalue weighted by atomic mass is 9.91. The zero-order valence-corrected chi connectivity index (χ0v) is 17.7. The molecule has 0 spiro atoms. The minimum absolute atomic E-state index is 0.107. The van der Waals surface area contributed by atoms with Crippen LogP contribution in [0.2, 0.25) is 0 Å². The Kier molecular flexibility index (Phi) is 6.45. The van der Waals surface area contributed by atoms with Crippen molar-refractivity contribution >= 4 is 11.4 Å². The number of carbonyl (C=O) groups excluding carboxylic acids is 1. The summed E-state index contributed by atoms with van der Waals surface area (Å²) in [6, 6.07) is 14.1. The molecule has 1 atom stereocenters. The summed E-state index contributed by atoms with van der Waals surface area (Å²) in [5, 5.41) is 0. The second-order valence-electron chi connectivity index (χ2n) is 7.69. The predicted octanol–water partition coefficient (Wildman–Crippen LogP) is 3.73. The van der Waals surface area contributed by atoms with Crippen LogP contribution in [-0.4, -0.2) is 59.5 Å². The van der Waals surface area contributed by atoms with Crippen molar-refractivity contribution in [2.24, 2.45) is 0 Å². The molecule has 3 heterocycles. The maximum Gasteiger partial charge on any atom is 0.182 e. The van der Waals surface area contributed by atoms with Gasteiger partial charge in [-0.2, -0.15) is 0 Å². The van der Waals surface area contributed by atoms with Crippen LogP contribution in [0.25, 0.3) is 5.65 Å². The van der Waals surface area contributed by atoms with Crippen molar-refractivity contribution in [1.29, 1.82) is 0 Å². The molecule has 0 saturated carbocycles. The van der Waals surface area contributed by atoms with E-state index in [9.17, 15) is 4.79 Å². The fourth-order valence-corrected chi connectivity index (χ4v) is 4.19. The van der Waals surface area contributed by atoms with Crippen LogP contribution in [0, 0.1) is 6.92 Å². The van der Waals surface area contributed by atoms with E-state index in [-0.39, 0.29) is 11.7 Å². The Hall–Kier alpha value is -2.70. The number of nitrogens with zero attached hydrogens (tertiary/aromatic N) is 3. The number of ether oxygens (including phenoxy) is 2. The Morgan fingerprint density at radius 1 is 1.17 bits per heavy atom. The van der Waals surface area contributed by atoms with Gasteiger partial charge in [-0.3, -0.25) is 14.1 Å². The van der Waals surface area contributed by atoms with Crippen LogP contribution in [0.1, 0.15) is 41.0 Å². The summed E-state index contributed by atoms with van der Waals surface area (Å²) in [5.74, 6) is 0.933. The minimum Gasteiger partial charge on any atom is -0.490 e. The largest absolute Gasteiger partial charge is 0.490 e. The molecule has 158 valence electrons. The summed E-state index contributed by atoms with van der Waals surface area (Å²) >= 11 is 0. The fourth-order valence-electron chi connectivity index (χ4n) is 4.19. The SMILES string of the molecule is CCOc1cccn2c(C(=O)C[C@@H](CN3CCOCC3)c3ccccc3)c(C)nc12. The smallest absolute Gasteiger partial charge is 0.182 e. The summed E-state index contributed by atoms with van der Waals surface area (Å²) in [7, 11) is 0. The molecule has 6 heteroatoms. The zero-order valence-electron chi connectivity index (χ0n) is 17.7. The van der Waals surface area contributed by atoms with Gasteiger partial charge in [-0.1, -0.05) is 30.3 Å².